The summed E-state index contributed by atoms with van der Waals surface area (Å²) in [6, 6.07) is 10.4. The van der Waals surface area contributed by atoms with Crippen LogP contribution in [-0.2, 0) is 20.9 Å². The van der Waals surface area contributed by atoms with Gasteiger partial charge in [-0.2, -0.15) is 5.06 Å². The van der Waals surface area contributed by atoms with Crippen molar-refractivity contribution in [3.8, 4) is 0 Å². The molecule has 1 aromatic heterocycles. The average Bonchev–Trinajstić information content (AvgIpc) is 3.27. The Bertz CT molecular complexity index is 1140. The molecule has 0 bridgehead atoms. The van der Waals surface area contributed by atoms with Gasteiger partial charge in [-0.1, -0.05) is 30.3 Å². The van der Waals surface area contributed by atoms with Crippen molar-refractivity contribution in [3.63, 3.8) is 0 Å². The molecule has 1 aromatic carbocycles. The number of benzene rings is 1. The van der Waals surface area contributed by atoms with Crippen LogP contribution in [0.1, 0.15) is 52.8 Å². The Hall–Kier alpha value is -2.95. The number of nitrogens with one attached hydrogen (secondary N) is 1. The second-order valence-corrected chi connectivity index (χ2v) is 10.1. The van der Waals surface area contributed by atoms with Gasteiger partial charge in [0.15, 0.2) is 6.23 Å². The Balaban J connectivity index is 1.67. The van der Waals surface area contributed by atoms with E-state index in [4.69, 9.17) is 14.3 Å². The van der Waals surface area contributed by atoms with Crippen LogP contribution in [0.2, 0.25) is 0 Å². The second-order valence-electron chi connectivity index (χ2n) is 10.1. The van der Waals surface area contributed by atoms with Gasteiger partial charge in [-0.05, 0) is 40.2 Å². The molecule has 2 saturated heterocycles. The Morgan fingerprint density at radius 2 is 1.85 bits per heavy atom. The van der Waals surface area contributed by atoms with E-state index < -0.39 is 34.9 Å². The maximum absolute atomic E-state index is 13.2. The first-order valence-corrected chi connectivity index (χ1v) is 11.4. The fourth-order valence-electron chi connectivity index (χ4n) is 4.47. The number of H-pyrrole nitrogens is 1. The normalized spacial score (nSPS) is 25.0. The molecule has 10 nitrogen and oxygen atoms in total. The van der Waals surface area contributed by atoms with Crippen LogP contribution >= 0.6 is 0 Å². The van der Waals surface area contributed by atoms with Crippen LogP contribution in [0.15, 0.2) is 52.2 Å². The molecule has 2 aliphatic rings. The first-order valence-electron chi connectivity index (χ1n) is 11.4. The molecular formula is C24H32N4O6. The van der Waals surface area contributed by atoms with E-state index in [1.807, 2.05) is 65.0 Å². The van der Waals surface area contributed by atoms with Crippen LogP contribution in [0.4, 0.5) is 4.79 Å². The third kappa shape index (κ3) is 5.08. The quantitative estimate of drug-likeness (QED) is 0.729. The number of nitrogens with zero attached hydrogens (tertiary/aromatic N) is 3. The molecular weight excluding hydrogens is 440 g/mol. The lowest BCUT2D eigenvalue weighted by Gasteiger charge is -2.38. The van der Waals surface area contributed by atoms with Gasteiger partial charge < -0.3 is 9.47 Å². The minimum absolute atomic E-state index is 0.290. The molecule has 10 heteroatoms. The number of aromatic nitrogens is 2. The van der Waals surface area contributed by atoms with Gasteiger partial charge in [0.1, 0.15) is 11.3 Å². The maximum Gasteiger partial charge on any atom is 0.412 e. The van der Waals surface area contributed by atoms with E-state index in [9.17, 15) is 14.4 Å². The Morgan fingerprint density at radius 1 is 1.15 bits per heavy atom. The lowest BCUT2D eigenvalue weighted by atomic mass is 10.0. The third-order valence-corrected chi connectivity index (χ3v) is 5.97. The number of carbonyl (C=O) groups is 1. The number of aromatic amines is 1. The highest BCUT2D eigenvalue weighted by atomic mass is 16.7. The molecule has 0 radical (unpaired) electrons. The highest BCUT2D eigenvalue weighted by molar-refractivity contribution is 5.70. The fraction of sp³-hybridized carbons (Fsp3) is 0.542. The minimum atomic E-state index is -0.877. The monoisotopic (exact) mass is 472 g/mol. The van der Waals surface area contributed by atoms with Crippen molar-refractivity contribution in [2.75, 3.05) is 6.61 Å². The van der Waals surface area contributed by atoms with E-state index >= 15 is 0 Å². The van der Waals surface area contributed by atoms with Crippen molar-refractivity contribution in [2.24, 2.45) is 0 Å². The highest BCUT2D eigenvalue weighted by Gasteiger charge is 2.52. The topological polar surface area (TPSA) is 106 Å². The summed E-state index contributed by atoms with van der Waals surface area (Å²) in [5.74, 6) is 0. The smallest absolute Gasteiger partial charge is 0.412 e. The Morgan fingerprint density at radius 3 is 2.50 bits per heavy atom. The van der Waals surface area contributed by atoms with Gasteiger partial charge in [-0.15, -0.1) is 0 Å². The van der Waals surface area contributed by atoms with Gasteiger partial charge in [-0.25, -0.2) is 9.59 Å². The number of ether oxygens (including phenoxy) is 2. The Labute approximate surface area is 198 Å². The van der Waals surface area contributed by atoms with Gasteiger partial charge in [0, 0.05) is 25.2 Å². The van der Waals surface area contributed by atoms with Crippen LogP contribution in [0.25, 0.3) is 0 Å². The zero-order valence-electron chi connectivity index (χ0n) is 20.2. The van der Waals surface area contributed by atoms with Gasteiger partial charge in [-0.3, -0.25) is 24.1 Å². The highest BCUT2D eigenvalue weighted by Crippen LogP contribution is 2.39. The van der Waals surface area contributed by atoms with E-state index in [-0.39, 0.29) is 12.1 Å². The molecule has 0 aliphatic carbocycles. The van der Waals surface area contributed by atoms with Gasteiger partial charge in [0.2, 0.25) is 0 Å². The van der Waals surface area contributed by atoms with Gasteiger partial charge in [0.05, 0.1) is 18.7 Å². The number of amides is 1. The summed E-state index contributed by atoms with van der Waals surface area (Å²) in [6.07, 6.45) is 0.712. The lowest BCUT2D eigenvalue weighted by Crippen LogP contribution is -2.55. The fourth-order valence-corrected chi connectivity index (χ4v) is 4.47. The summed E-state index contributed by atoms with van der Waals surface area (Å²) in [5, 5.41) is 1.80. The van der Waals surface area contributed by atoms with Crippen LogP contribution in [-0.4, -0.2) is 55.6 Å². The molecule has 0 spiro atoms. The lowest BCUT2D eigenvalue weighted by molar-refractivity contribution is -0.196. The van der Waals surface area contributed by atoms with E-state index in [0.29, 0.717) is 19.6 Å². The van der Waals surface area contributed by atoms with Crippen molar-refractivity contribution in [1.29, 1.82) is 0 Å². The summed E-state index contributed by atoms with van der Waals surface area (Å²) >= 11 is 0. The first-order chi connectivity index (χ1) is 15.9. The predicted molar refractivity (Wildman–Crippen MR) is 124 cm³/mol. The number of rotatable bonds is 4. The summed E-state index contributed by atoms with van der Waals surface area (Å²) < 4.78 is 13.1. The Kier molecular flexibility index (Phi) is 6.41. The molecule has 1 N–H and O–H groups in total. The van der Waals surface area contributed by atoms with Crippen LogP contribution in [0, 0.1) is 0 Å². The second kappa shape index (κ2) is 9.01. The van der Waals surface area contributed by atoms with Crippen LogP contribution < -0.4 is 11.2 Å². The molecule has 3 heterocycles. The summed E-state index contributed by atoms with van der Waals surface area (Å²) in [4.78, 5) is 47.4. The van der Waals surface area contributed by atoms with Gasteiger partial charge >= 0.3 is 11.8 Å². The standard InChI is InChI=1S/C24H32N4O6/c1-23(2,3)33-22(31)28-18(15-32-24(28,4)5)17-13-20(26-12-11-19(29)25-21(26)30)34-27(17)14-16-9-7-6-8-10-16/h6-12,17-18,20H,13-15H2,1-5H3,(H,25,29,30)/t17-,18+,20+/m1/s1. The van der Waals surface area contributed by atoms with E-state index in [0.717, 1.165) is 5.56 Å². The molecule has 2 fully saturated rings. The van der Waals surface area contributed by atoms with Crippen molar-refractivity contribution < 1.29 is 19.1 Å². The zero-order chi connectivity index (χ0) is 24.7. The molecule has 2 aliphatic heterocycles. The SMILES string of the molecule is CC(C)(C)OC(=O)N1[C@H]([C@H]2C[C@@H](n3ccc(=O)[nH]c3=O)ON2Cc2ccccc2)COC1(C)C. The minimum Gasteiger partial charge on any atom is -0.444 e. The summed E-state index contributed by atoms with van der Waals surface area (Å²) in [7, 11) is 0. The van der Waals surface area contributed by atoms with Crippen molar-refractivity contribution in [3.05, 3.63) is 69.0 Å². The van der Waals surface area contributed by atoms with E-state index in [2.05, 4.69) is 4.98 Å². The largest absolute Gasteiger partial charge is 0.444 e. The number of hydrogen-bond acceptors (Lipinski definition) is 7. The van der Waals surface area contributed by atoms with E-state index in [1.54, 1.807) is 9.96 Å². The van der Waals surface area contributed by atoms with E-state index in [1.165, 1.54) is 16.8 Å². The van der Waals surface area contributed by atoms with Crippen molar-refractivity contribution in [1.82, 2.24) is 19.5 Å². The van der Waals surface area contributed by atoms with Crippen molar-refractivity contribution >= 4 is 6.09 Å². The molecule has 1 amide bonds. The summed E-state index contributed by atoms with van der Waals surface area (Å²) in [5.41, 5.74) is -1.55. The van der Waals surface area contributed by atoms with Crippen molar-refractivity contribution in [2.45, 2.75) is 77.2 Å². The molecule has 4 rings (SSSR count). The van der Waals surface area contributed by atoms with Gasteiger partial charge in [0.25, 0.3) is 5.56 Å². The molecule has 0 saturated carbocycles. The molecule has 34 heavy (non-hydrogen) atoms. The third-order valence-electron chi connectivity index (χ3n) is 5.97. The summed E-state index contributed by atoms with van der Waals surface area (Å²) in [6.45, 7) is 9.86. The maximum atomic E-state index is 13.2. The van der Waals surface area contributed by atoms with Crippen LogP contribution in [0.5, 0.6) is 0 Å². The predicted octanol–water partition coefficient (Wildman–Crippen LogP) is 2.61. The average molecular weight is 473 g/mol. The molecule has 184 valence electrons. The number of hydrogen-bond donors (Lipinski definition) is 1. The first kappa shape index (κ1) is 24.2. The van der Waals surface area contributed by atoms with Crippen LogP contribution in [0.3, 0.4) is 0 Å². The number of carbonyl (C=O) groups excluding carboxylic acids is 1. The number of hydroxylamine groups is 2. The zero-order valence-corrected chi connectivity index (χ0v) is 20.2. The molecule has 2 aromatic rings. The molecule has 3 atom stereocenters. The molecule has 0 unspecified atom stereocenters.